The topological polar surface area (TPSA) is 15.1 Å². The first kappa shape index (κ1) is 9.19. The first-order chi connectivity index (χ1) is 8.43. The fraction of sp³-hybridized carbons (Fsp3) is 0.0714. The molecule has 0 bridgehead atoms. The highest BCUT2D eigenvalue weighted by molar-refractivity contribution is 7.17. The lowest BCUT2D eigenvalue weighted by atomic mass is 10.1. The number of fused-ring (bicyclic) bond motifs is 5. The Hall–Kier alpha value is -1.87. The van der Waals surface area contributed by atoms with Crippen LogP contribution >= 0.6 is 11.3 Å². The van der Waals surface area contributed by atoms with E-state index in [1.165, 1.54) is 21.0 Å². The number of rotatable bonds is 0. The van der Waals surface area contributed by atoms with Gasteiger partial charge in [-0.3, -0.25) is 0 Å². The molecule has 0 atom stereocenters. The van der Waals surface area contributed by atoms with Gasteiger partial charge in [-0.15, -0.1) is 4.24 Å². The van der Waals surface area contributed by atoms with Gasteiger partial charge in [-0.05, 0) is 11.5 Å². The lowest BCUT2D eigenvalue weighted by Gasteiger charge is -1.95. The van der Waals surface area contributed by atoms with Gasteiger partial charge in [0.25, 0.3) is 0 Å². The van der Waals surface area contributed by atoms with Crippen molar-refractivity contribution in [3.05, 3.63) is 47.3 Å². The van der Waals surface area contributed by atoms with Crippen LogP contribution in [0.25, 0.3) is 27.3 Å². The normalized spacial score (nSPS) is 13.9. The molecule has 2 aromatic carbocycles. The third kappa shape index (κ3) is 1.23. The lowest BCUT2D eigenvalue weighted by molar-refractivity contribution is -0.495. The maximum Gasteiger partial charge on any atom is 0.303 e. The third-order valence-electron chi connectivity index (χ3n) is 3.10. The minimum Gasteiger partial charge on any atom is -0.483 e. The first-order valence-corrected chi connectivity index (χ1v) is 6.39. The van der Waals surface area contributed by atoms with Gasteiger partial charge < -0.3 is 4.74 Å². The number of aromatic nitrogens is 1. The van der Waals surface area contributed by atoms with Crippen molar-refractivity contribution in [1.29, 1.82) is 0 Å². The van der Waals surface area contributed by atoms with E-state index in [2.05, 4.69) is 46.9 Å². The third-order valence-corrected chi connectivity index (χ3v) is 4.24. The van der Waals surface area contributed by atoms with Crippen molar-refractivity contribution >= 4 is 38.6 Å². The molecule has 2 nitrogen and oxygen atoms in total. The van der Waals surface area contributed by atoms with Crippen molar-refractivity contribution in [3.63, 3.8) is 0 Å². The minimum atomic E-state index is 0.649. The summed E-state index contributed by atoms with van der Waals surface area (Å²) >= 11 is 1.78. The molecule has 2 heterocycles. The van der Waals surface area contributed by atoms with Gasteiger partial charge >= 0.3 is 4.66 Å². The molecule has 0 saturated heterocycles. The Kier molecular flexibility index (Phi) is 1.79. The molecule has 3 aromatic rings. The van der Waals surface area contributed by atoms with Gasteiger partial charge in [0.2, 0.25) is 5.52 Å². The van der Waals surface area contributed by atoms with Crippen LogP contribution < -0.4 is 8.91 Å². The summed E-state index contributed by atoms with van der Waals surface area (Å²) in [7, 11) is 0. The maximum absolute atomic E-state index is 5.35. The molecule has 1 aliphatic heterocycles. The molecule has 0 fully saturated rings. The summed E-state index contributed by atoms with van der Waals surface area (Å²) in [6, 6.07) is 12.9. The fourth-order valence-corrected chi connectivity index (χ4v) is 3.47. The monoisotopic (exact) mass is 240 g/mol. The molecule has 0 N–H and O–H groups in total. The molecule has 0 unspecified atom stereocenters. The van der Waals surface area contributed by atoms with Crippen molar-refractivity contribution < 1.29 is 8.98 Å². The second kappa shape index (κ2) is 3.31. The zero-order valence-corrected chi connectivity index (χ0v) is 9.91. The Morgan fingerprint density at radius 1 is 1.12 bits per heavy atom. The minimum absolute atomic E-state index is 0.649. The summed E-state index contributed by atoms with van der Waals surface area (Å²) in [5.41, 5.74) is 1.27. The zero-order valence-electron chi connectivity index (χ0n) is 9.09. The van der Waals surface area contributed by atoms with Crippen molar-refractivity contribution in [2.24, 2.45) is 0 Å². The molecule has 82 valence electrons. The van der Waals surface area contributed by atoms with Crippen LogP contribution in [0.3, 0.4) is 0 Å². The number of benzene rings is 2. The molecule has 4 rings (SSSR count). The predicted octanol–water partition coefficient (Wildman–Crippen LogP) is 2.12. The van der Waals surface area contributed by atoms with Gasteiger partial charge in [0.05, 0.1) is 0 Å². The molecule has 1 aliphatic rings. The Balaban J connectivity index is 2.34. The van der Waals surface area contributed by atoms with Crippen LogP contribution in [-0.2, 0) is 4.74 Å². The number of hydrogen-bond acceptors (Lipinski definition) is 2. The maximum atomic E-state index is 5.35. The van der Waals surface area contributed by atoms with E-state index in [1.54, 1.807) is 11.3 Å². The summed E-state index contributed by atoms with van der Waals surface area (Å²) in [4.78, 5) is 0. The number of hydrogen-bond donors (Lipinski definition) is 0. The van der Waals surface area contributed by atoms with E-state index in [-0.39, 0.29) is 0 Å². The van der Waals surface area contributed by atoms with E-state index in [9.17, 15) is 0 Å². The highest BCUT2D eigenvalue weighted by Crippen LogP contribution is 2.24. The zero-order chi connectivity index (χ0) is 11.2. The first-order valence-electron chi connectivity index (χ1n) is 5.57. The number of nitrogens with zero attached hydrogens (tertiary/aromatic N) is 1. The Labute approximate surface area is 102 Å². The van der Waals surface area contributed by atoms with E-state index in [4.69, 9.17) is 4.74 Å². The van der Waals surface area contributed by atoms with Crippen LogP contribution in [0.4, 0.5) is 0 Å². The van der Waals surface area contributed by atoms with Crippen molar-refractivity contribution in [1.82, 2.24) is 0 Å². The molecular weight excluding hydrogens is 230 g/mol. The van der Waals surface area contributed by atoms with Gasteiger partial charge in [0.1, 0.15) is 4.70 Å². The summed E-state index contributed by atoms with van der Waals surface area (Å²) in [6.07, 6.45) is 3.93. The second-order valence-electron chi connectivity index (χ2n) is 4.08. The smallest absolute Gasteiger partial charge is 0.303 e. The predicted molar refractivity (Wildman–Crippen MR) is 69.3 cm³/mol. The van der Waals surface area contributed by atoms with Crippen molar-refractivity contribution in [2.45, 2.75) is 0 Å². The standard InChI is InChI=1S/C14H10NOS/c1-2-4-11-10(3-1)5-6-12-14(11)17-13-9-16-8-7-15(12)13/h1-7,9H,8H2/q+1. The van der Waals surface area contributed by atoms with Gasteiger partial charge in [-0.25, -0.2) is 0 Å². The fourth-order valence-electron chi connectivity index (χ4n) is 2.31. The Morgan fingerprint density at radius 3 is 3.06 bits per heavy atom. The highest BCUT2D eigenvalue weighted by Gasteiger charge is 2.14. The van der Waals surface area contributed by atoms with Gasteiger partial charge in [-0.1, -0.05) is 35.6 Å². The molecule has 17 heavy (non-hydrogen) atoms. The summed E-state index contributed by atoms with van der Waals surface area (Å²) in [5, 5.41) is 2.61. The molecular formula is C14H10NOS+. The SMILES string of the molecule is C1=c2sc3c4ccccc4ccc3[n+]2=CCO1. The Morgan fingerprint density at radius 2 is 2.06 bits per heavy atom. The van der Waals surface area contributed by atoms with E-state index >= 15 is 0 Å². The van der Waals surface area contributed by atoms with Crippen molar-refractivity contribution in [3.8, 4) is 0 Å². The van der Waals surface area contributed by atoms with Crippen LogP contribution in [0, 0.1) is 6.21 Å². The highest BCUT2D eigenvalue weighted by atomic mass is 32.1. The molecule has 0 radical (unpaired) electrons. The lowest BCUT2D eigenvalue weighted by Crippen LogP contribution is -2.36. The van der Waals surface area contributed by atoms with E-state index in [1.807, 2.05) is 6.26 Å². The molecule has 0 aliphatic carbocycles. The van der Waals surface area contributed by atoms with Crippen LogP contribution in [0.15, 0.2) is 36.4 Å². The summed E-state index contributed by atoms with van der Waals surface area (Å²) < 4.78 is 10.0. The van der Waals surface area contributed by atoms with Crippen LogP contribution in [0.1, 0.15) is 0 Å². The number of ether oxygens (including phenoxy) is 1. The molecule has 0 saturated carbocycles. The Bertz CT molecular complexity index is 848. The summed E-state index contributed by atoms with van der Waals surface area (Å²) in [6.45, 7) is 0.649. The van der Waals surface area contributed by atoms with E-state index in [0.29, 0.717) is 6.61 Å². The van der Waals surface area contributed by atoms with E-state index in [0.717, 1.165) is 4.66 Å². The van der Waals surface area contributed by atoms with Crippen LogP contribution in [-0.4, -0.2) is 6.61 Å². The van der Waals surface area contributed by atoms with Gasteiger partial charge in [0, 0.05) is 11.5 Å². The van der Waals surface area contributed by atoms with Crippen LogP contribution in [0.5, 0.6) is 0 Å². The molecule has 1 aromatic heterocycles. The molecule has 3 heteroatoms. The van der Waals surface area contributed by atoms with E-state index < -0.39 is 0 Å². The average Bonchev–Trinajstić information content (AvgIpc) is 2.78. The average molecular weight is 240 g/mol. The largest absolute Gasteiger partial charge is 0.483 e. The quantitative estimate of drug-likeness (QED) is 0.549. The molecule has 0 spiro atoms. The summed E-state index contributed by atoms with van der Waals surface area (Å²) in [5.74, 6) is 0. The van der Waals surface area contributed by atoms with Crippen LogP contribution in [0.2, 0.25) is 0 Å². The molecule has 0 amide bonds. The van der Waals surface area contributed by atoms with Gasteiger partial charge in [-0.2, -0.15) is 0 Å². The van der Waals surface area contributed by atoms with Gasteiger partial charge in [0.15, 0.2) is 19.1 Å². The number of thiazole rings is 1. The second-order valence-corrected chi connectivity index (χ2v) is 5.11. The van der Waals surface area contributed by atoms with Crippen molar-refractivity contribution in [2.75, 3.05) is 6.61 Å².